The number of benzene rings is 4. The molecular formula is C50H60N6O5. The first-order chi connectivity index (χ1) is 29.7. The van der Waals surface area contributed by atoms with Gasteiger partial charge < -0.3 is 29.4 Å². The fourth-order valence-corrected chi connectivity index (χ4v) is 10.7. The van der Waals surface area contributed by atoms with Gasteiger partial charge in [-0.1, -0.05) is 60.7 Å². The van der Waals surface area contributed by atoms with E-state index in [0.717, 1.165) is 82.7 Å². The number of amides is 3. The normalized spacial score (nSPS) is 24.1. The summed E-state index contributed by atoms with van der Waals surface area (Å²) in [5.74, 6) is -0.334. The predicted octanol–water partition coefficient (Wildman–Crippen LogP) is 6.56. The van der Waals surface area contributed by atoms with E-state index >= 15 is 0 Å². The average molecular weight is 825 g/mol. The van der Waals surface area contributed by atoms with Crippen LogP contribution >= 0.6 is 0 Å². The van der Waals surface area contributed by atoms with Gasteiger partial charge in [-0.25, -0.2) is 0 Å². The van der Waals surface area contributed by atoms with Gasteiger partial charge in [-0.3, -0.25) is 24.6 Å². The second kappa shape index (κ2) is 17.9. The highest BCUT2D eigenvalue weighted by Gasteiger charge is 2.45. The van der Waals surface area contributed by atoms with Gasteiger partial charge in [0.2, 0.25) is 11.8 Å². The van der Waals surface area contributed by atoms with E-state index in [2.05, 4.69) is 68.4 Å². The molecule has 0 radical (unpaired) electrons. The molecule has 3 amide bonds. The van der Waals surface area contributed by atoms with Gasteiger partial charge in [-0.2, -0.15) is 0 Å². The number of carbonyl (C=O) groups is 3. The highest BCUT2D eigenvalue weighted by Crippen LogP contribution is 2.43. The molecule has 0 saturated carbocycles. The molecule has 11 nitrogen and oxygen atoms in total. The largest absolute Gasteiger partial charge is 0.508 e. The Labute approximate surface area is 360 Å². The highest BCUT2D eigenvalue weighted by atomic mass is 16.5. The number of piperidine rings is 2. The fraction of sp³-hybridized carbons (Fsp3) is 0.460. The van der Waals surface area contributed by atoms with Crippen molar-refractivity contribution >= 4 is 34.8 Å². The van der Waals surface area contributed by atoms with E-state index in [9.17, 15) is 19.5 Å². The Balaban J connectivity index is 0.000000231. The van der Waals surface area contributed by atoms with Crippen LogP contribution in [-0.2, 0) is 33.7 Å². The molecule has 1 aliphatic carbocycles. The van der Waals surface area contributed by atoms with Gasteiger partial charge in [0.15, 0.2) is 0 Å². The molecule has 6 aliphatic heterocycles. The van der Waals surface area contributed by atoms with E-state index in [1.807, 2.05) is 54.6 Å². The summed E-state index contributed by atoms with van der Waals surface area (Å²) in [7, 11) is 2.12. The van der Waals surface area contributed by atoms with E-state index in [4.69, 9.17) is 4.74 Å². The summed E-state index contributed by atoms with van der Waals surface area (Å²) in [6.07, 6.45) is 10.4. The van der Waals surface area contributed by atoms with Crippen LogP contribution < -0.4 is 20.0 Å². The van der Waals surface area contributed by atoms with E-state index in [0.29, 0.717) is 36.4 Å². The number of para-hydroxylation sites is 1. The molecule has 2 N–H and O–H groups in total. The Bertz CT molecular complexity index is 2170. The summed E-state index contributed by atoms with van der Waals surface area (Å²) < 4.78 is 6.85. The van der Waals surface area contributed by atoms with Crippen LogP contribution in [-0.4, -0.2) is 109 Å². The Kier molecular flexibility index (Phi) is 12.0. The minimum Gasteiger partial charge on any atom is -0.508 e. The number of aryl methyl sites for hydroxylation is 2. The second-order valence-corrected chi connectivity index (χ2v) is 18.0. The number of imide groups is 1. The smallest absolute Gasteiger partial charge is 0.255 e. The van der Waals surface area contributed by atoms with Gasteiger partial charge >= 0.3 is 0 Å². The summed E-state index contributed by atoms with van der Waals surface area (Å²) in [5.41, 5.74) is 8.04. The lowest BCUT2D eigenvalue weighted by molar-refractivity contribution is -0.136. The molecule has 3 unspecified atom stereocenters. The molecule has 4 saturated heterocycles. The zero-order valence-electron chi connectivity index (χ0n) is 35.5. The van der Waals surface area contributed by atoms with E-state index in [-0.39, 0.29) is 29.7 Å². The molecule has 0 bridgehead atoms. The lowest BCUT2D eigenvalue weighted by Gasteiger charge is -2.49. The first-order valence-electron chi connectivity index (χ1n) is 22.5. The van der Waals surface area contributed by atoms with Gasteiger partial charge in [0.05, 0.1) is 29.1 Å². The van der Waals surface area contributed by atoms with Crippen LogP contribution in [0.3, 0.4) is 0 Å². The third-order valence-corrected chi connectivity index (χ3v) is 14.0. The lowest BCUT2D eigenvalue weighted by Crippen LogP contribution is -2.60. The summed E-state index contributed by atoms with van der Waals surface area (Å²) >= 11 is 0. The highest BCUT2D eigenvalue weighted by molar-refractivity contribution is 6.06. The molecule has 11 rings (SSSR count). The average Bonchev–Trinajstić information content (AvgIpc) is 3.83. The number of aromatic hydroxyl groups is 1. The number of piperazine rings is 1. The van der Waals surface area contributed by atoms with Crippen molar-refractivity contribution < 1.29 is 24.2 Å². The minimum atomic E-state index is -0.591. The van der Waals surface area contributed by atoms with E-state index in [1.54, 1.807) is 11.0 Å². The third kappa shape index (κ3) is 9.00. The van der Waals surface area contributed by atoms with Gasteiger partial charge in [0.25, 0.3) is 5.91 Å². The van der Waals surface area contributed by atoms with Crippen molar-refractivity contribution in [2.75, 3.05) is 67.6 Å². The number of phenols is 1. The monoisotopic (exact) mass is 824 g/mol. The molecule has 6 heterocycles. The lowest BCUT2D eigenvalue weighted by atomic mass is 9.88. The van der Waals surface area contributed by atoms with Crippen LogP contribution in [0.25, 0.3) is 0 Å². The maximum absolute atomic E-state index is 13.4. The number of hydrogen-bond donors (Lipinski definition) is 2. The number of nitrogens with one attached hydrogen (secondary N) is 1. The zero-order valence-corrected chi connectivity index (χ0v) is 35.5. The zero-order chi connectivity index (χ0) is 41.9. The van der Waals surface area contributed by atoms with Crippen LogP contribution in [0, 0.1) is 0 Å². The molecular weight excluding hydrogens is 765 g/mol. The van der Waals surface area contributed by atoms with Gasteiger partial charge in [-0.05, 0) is 111 Å². The quantitative estimate of drug-likeness (QED) is 0.221. The van der Waals surface area contributed by atoms with Crippen LogP contribution in [0.4, 0.5) is 17.1 Å². The molecule has 7 aliphatic rings. The summed E-state index contributed by atoms with van der Waals surface area (Å²) in [4.78, 5) is 49.2. The first-order valence-corrected chi connectivity index (χ1v) is 22.5. The fourth-order valence-electron chi connectivity index (χ4n) is 10.7. The summed E-state index contributed by atoms with van der Waals surface area (Å²) in [5, 5.41) is 11.6. The summed E-state index contributed by atoms with van der Waals surface area (Å²) in [6.45, 7) is 7.35. The van der Waals surface area contributed by atoms with Gasteiger partial charge in [0.1, 0.15) is 11.8 Å². The van der Waals surface area contributed by atoms with Crippen molar-refractivity contribution in [1.29, 1.82) is 0 Å². The molecule has 1 spiro atoms. The van der Waals surface area contributed by atoms with Crippen LogP contribution in [0.2, 0.25) is 0 Å². The molecule has 320 valence electrons. The Morgan fingerprint density at radius 3 is 2.18 bits per heavy atom. The number of ether oxygens (including phenoxy) is 1. The van der Waals surface area contributed by atoms with Crippen molar-refractivity contribution in [2.45, 2.75) is 94.5 Å². The molecule has 3 atom stereocenters. The Morgan fingerprint density at radius 2 is 1.44 bits per heavy atom. The second-order valence-electron chi connectivity index (χ2n) is 18.0. The van der Waals surface area contributed by atoms with Gasteiger partial charge in [0, 0.05) is 77.1 Å². The predicted molar refractivity (Wildman–Crippen MR) is 239 cm³/mol. The number of likely N-dealkylation sites (N-methyl/N-ethyl adjacent to an activating group) is 1. The minimum absolute atomic E-state index is 0.0429. The number of carbonyl (C=O) groups excluding carboxylic acids is 3. The number of rotatable bonds is 4. The Morgan fingerprint density at radius 1 is 0.721 bits per heavy atom. The third-order valence-electron chi connectivity index (χ3n) is 14.0. The molecule has 0 aromatic heterocycles. The molecule has 4 aromatic carbocycles. The molecule has 61 heavy (non-hydrogen) atoms. The van der Waals surface area contributed by atoms with Gasteiger partial charge in [-0.15, -0.1) is 0 Å². The maximum Gasteiger partial charge on any atom is 0.255 e. The van der Waals surface area contributed by atoms with Crippen molar-refractivity contribution in [1.82, 2.24) is 15.1 Å². The standard InChI is InChI=1S/C34H42N6O4.C10H12O.C6H6/c1-36-20-25-21-37(22-26-9-10-34(44-26)11-13-38(14-12-34)24-5-3-2-4-6-24)15-16-39(25)30-17-23-19-40(33(43)27(23)18-29(30)36)28-7-8-31(41)35-32(28)42;11-10-6-5-8-3-1-2-4-9(8)7-10;1-2-4-6-5-3-1/h2-6,17-18,25-26,28H,7-16,19-22H2,1H3,(H,35,41,42);5-7,11H,1-4H2;1-6H. The van der Waals surface area contributed by atoms with Crippen molar-refractivity contribution in [3.8, 4) is 5.75 Å². The van der Waals surface area contributed by atoms with Crippen molar-refractivity contribution in [3.05, 3.63) is 119 Å². The van der Waals surface area contributed by atoms with E-state index in [1.165, 1.54) is 48.2 Å². The molecule has 4 fully saturated rings. The maximum atomic E-state index is 13.4. The number of hydrogen-bond acceptors (Lipinski definition) is 9. The first kappa shape index (κ1) is 41.0. The van der Waals surface area contributed by atoms with Crippen LogP contribution in [0.15, 0.2) is 97.1 Å². The van der Waals surface area contributed by atoms with Crippen molar-refractivity contribution in [2.24, 2.45) is 0 Å². The van der Waals surface area contributed by atoms with Crippen LogP contribution in [0.1, 0.15) is 78.4 Å². The Hall–Kier alpha value is -5.39. The number of fused-ring (bicyclic) bond motifs is 5. The van der Waals surface area contributed by atoms with Crippen LogP contribution in [0.5, 0.6) is 5.75 Å². The van der Waals surface area contributed by atoms with Crippen molar-refractivity contribution in [3.63, 3.8) is 0 Å². The summed E-state index contributed by atoms with van der Waals surface area (Å²) in [6, 6.07) is 32.4. The SMILES string of the molecule is CN1CC2CN(CC3CCC4(CCN(c5ccccc5)CC4)O3)CCN2c2cc3c(cc21)C(=O)N(C1CCC(=O)NC1=O)C3.Oc1ccc2c(c1)CCCC2.c1ccccc1. The number of anilines is 3. The number of phenolic OH excluding ortho intramolecular Hbond substituents is 1. The molecule has 11 heteroatoms. The topological polar surface area (TPSA) is 109 Å². The molecule has 4 aromatic rings. The number of nitrogens with zero attached hydrogens (tertiary/aromatic N) is 5. The van der Waals surface area contributed by atoms with E-state index < -0.39 is 6.04 Å².